The van der Waals surface area contributed by atoms with Crippen LogP contribution in [0, 0.1) is 0 Å². The Hall–Kier alpha value is -2.34. The van der Waals surface area contributed by atoms with E-state index in [9.17, 15) is 4.79 Å². The molecule has 0 fully saturated rings. The molecule has 1 aromatic carbocycles. The lowest BCUT2D eigenvalue weighted by molar-refractivity contribution is -0.116. The minimum absolute atomic E-state index is 0.173. The lowest BCUT2D eigenvalue weighted by Gasteiger charge is -2.16. The molecule has 0 saturated heterocycles. The fourth-order valence-electron chi connectivity index (χ4n) is 1.74. The molecule has 5 nitrogen and oxygen atoms in total. The molecule has 0 radical (unpaired) electrons. The van der Waals surface area contributed by atoms with Gasteiger partial charge in [0, 0.05) is 11.5 Å². The van der Waals surface area contributed by atoms with Crippen LogP contribution in [-0.4, -0.2) is 30.6 Å². The van der Waals surface area contributed by atoms with Crippen LogP contribution in [0.5, 0.6) is 11.5 Å². The molecule has 1 N–H and O–H groups in total. The summed E-state index contributed by atoms with van der Waals surface area (Å²) in [4.78, 5) is 15.8. The summed E-state index contributed by atoms with van der Waals surface area (Å²) in [5.41, 5.74) is 2.50. The molecule has 1 unspecified atom stereocenters. The van der Waals surface area contributed by atoms with Crippen LogP contribution in [-0.2, 0) is 4.79 Å². The molecule has 2 rings (SSSR count). The SMILES string of the molecule is COc1ccccc1OC(C)CNC(=O)C=Cc1cscn1. The van der Waals surface area contributed by atoms with Gasteiger partial charge in [0.05, 0.1) is 24.9 Å². The summed E-state index contributed by atoms with van der Waals surface area (Å²) < 4.78 is 11.0. The maximum atomic E-state index is 11.7. The van der Waals surface area contributed by atoms with Gasteiger partial charge in [0.15, 0.2) is 11.5 Å². The number of methoxy groups -OCH3 is 1. The van der Waals surface area contributed by atoms with E-state index in [1.54, 1.807) is 18.7 Å². The van der Waals surface area contributed by atoms with Crippen LogP contribution in [0.3, 0.4) is 0 Å². The zero-order chi connectivity index (χ0) is 15.8. The van der Waals surface area contributed by atoms with Crippen molar-refractivity contribution >= 4 is 23.3 Å². The highest BCUT2D eigenvalue weighted by atomic mass is 32.1. The largest absolute Gasteiger partial charge is 0.493 e. The van der Waals surface area contributed by atoms with E-state index in [1.165, 1.54) is 17.4 Å². The van der Waals surface area contributed by atoms with Gasteiger partial charge in [0.25, 0.3) is 0 Å². The molecule has 1 atom stereocenters. The lowest BCUT2D eigenvalue weighted by atomic mass is 10.3. The monoisotopic (exact) mass is 318 g/mol. The zero-order valence-electron chi connectivity index (χ0n) is 12.5. The van der Waals surface area contributed by atoms with Gasteiger partial charge in [-0.2, -0.15) is 0 Å². The van der Waals surface area contributed by atoms with Crippen molar-refractivity contribution in [3.8, 4) is 11.5 Å². The molecule has 0 aliphatic rings. The maximum absolute atomic E-state index is 11.7. The predicted octanol–water partition coefficient (Wildman–Crippen LogP) is 2.75. The molecule has 0 bridgehead atoms. The highest BCUT2D eigenvalue weighted by Crippen LogP contribution is 2.26. The summed E-state index contributed by atoms with van der Waals surface area (Å²) >= 11 is 1.49. The Morgan fingerprint density at radius 1 is 1.41 bits per heavy atom. The molecule has 1 aromatic heterocycles. The molecule has 2 aromatic rings. The van der Waals surface area contributed by atoms with E-state index in [1.807, 2.05) is 36.6 Å². The third-order valence-corrected chi connectivity index (χ3v) is 3.42. The molecule has 1 heterocycles. The van der Waals surface area contributed by atoms with Gasteiger partial charge in [-0.25, -0.2) is 4.98 Å². The predicted molar refractivity (Wildman–Crippen MR) is 87.2 cm³/mol. The van der Waals surface area contributed by atoms with Crippen molar-refractivity contribution in [3.05, 3.63) is 46.9 Å². The molecule has 22 heavy (non-hydrogen) atoms. The van der Waals surface area contributed by atoms with Crippen LogP contribution < -0.4 is 14.8 Å². The Balaban J connectivity index is 1.80. The molecular formula is C16H18N2O3S. The van der Waals surface area contributed by atoms with E-state index in [0.29, 0.717) is 18.0 Å². The van der Waals surface area contributed by atoms with Crippen molar-refractivity contribution in [3.63, 3.8) is 0 Å². The summed E-state index contributed by atoms with van der Waals surface area (Å²) in [6.45, 7) is 2.29. The van der Waals surface area contributed by atoms with Crippen LogP contribution >= 0.6 is 11.3 Å². The standard InChI is InChI=1S/C16H18N2O3S/c1-12(21-15-6-4-3-5-14(15)20-2)9-17-16(19)8-7-13-10-22-11-18-13/h3-8,10-12H,9H2,1-2H3,(H,17,19). The first-order valence-electron chi connectivity index (χ1n) is 6.83. The Morgan fingerprint density at radius 2 is 2.18 bits per heavy atom. The number of hydrogen-bond donors (Lipinski definition) is 1. The number of amides is 1. The van der Waals surface area contributed by atoms with Crippen molar-refractivity contribution < 1.29 is 14.3 Å². The normalized spacial score (nSPS) is 12.1. The average molecular weight is 318 g/mol. The number of para-hydroxylation sites is 2. The summed E-state index contributed by atoms with van der Waals surface area (Å²) in [6.07, 6.45) is 2.97. The second kappa shape index (κ2) is 8.19. The fourth-order valence-corrected chi connectivity index (χ4v) is 2.27. The third-order valence-electron chi connectivity index (χ3n) is 2.82. The van der Waals surface area contributed by atoms with E-state index in [-0.39, 0.29) is 12.0 Å². The smallest absolute Gasteiger partial charge is 0.244 e. The molecular weight excluding hydrogens is 300 g/mol. The number of nitrogens with zero attached hydrogens (tertiary/aromatic N) is 1. The highest BCUT2D eigenvalue weighted by molar-refractivity contribution is 7.07. The molecule has 6 heteroatoms. The molecule has 0 spiro atoms. The van der Waals surface area contributed by atoms with Gasteiger partial charge in [-0.05, 0) is 25.1 Å². The number of hydrogen-bond acceptors (Lipinski definition) is 5. The number of ether oxygens (including phenoxy) is 2. The van der Waals surface area contributed by atoms with Gasteiger partial charge < -0.3 is 14.8 Å². The molecule has 116 valence electrons. The molecule has 0 saturated carbocycles. The number of nitrogens with one attached hydrogen (secondary N) is 1. The van der Waals surface area contributed by atoms with Crippen molar-refractivity contribution in [2.75, 3.05) is 13.7 Å². The van der Waals surface area contributed by atoms with Crippen molar-refractivity contribution in [1.82, 2.24) is 10.3 Å². The number of rotatable bonds is 7. The molecule has 1 amide bonds. The number of benzene rings is 1. The quantitative estimate of drug-likeness (QED) is 0.798. The summed E-state index contributed by atoms with van der Waals surface area (Å²) in [6, 6.07) is 7.41. The molecule has 0 aliphatic heterocycles. The minimum atomic E-state index is -0.177. The second-order valence-corrected chi connectivity index (χ2v) is 5.29. The van der Waals surface area contributed by atoms with Crippen molar-refractivity contribution in [2.45, 2.75) is 13.0 Å². The van der Waals surface area contributed by atoms with Gasteiger partial charge >= 0.3 is 0 Å². The average Bonchev–Trinajstić information content (AvgIpc) is 3.05. The Labute approximate surface area is 133 Å². The Bertz CT molecular complexity index is 626. The van der Waals surface area contributed by atoms with Crippen molar-refractivity contribution in [2.24, 2.45) is 0 Å². The topological polar surface area (TPSA) is 60.5 Å². The third kappa shape index (κ3) is 4.89. The number of carbonyl (C=O) groups is 1. The molecule has 0 aliphatic carbocycles. The van der Waals surface area contributed by atoms with Gasteiger partial charge in [0.2, 0.25) is 5.91 Å². The summed E-state index contributed by atoms with van der Waals surface area (Å²) in [5, 5.41) is 4.66. The number of carbonyl (C=O) groups excluding carboxylic acids is 1. The minimum Gasteiger partial charge on any atom is -0.493 e. The first-order valence-corrected chi connectivity index (χ1v) is 7.77. The number of aromatic nitrogens is 1. The van der Waals surface area contributed by atoms with E-state index in [0.717, 1.165) is 5.69 Å². The van der Waals surface area contributed by atoms with Crippen LogP contribution in [0.25, 0.3) is 6.08 Å². The Kier molecular flexibility index (Phi) is 5.97. The van der Waals surface area contributed by atoms with Gasteiger partial charge in [-0.1, -0.05) is 12.1 Å². The summed E-state index contributed by atoms with van der Waals surface area (Å²) in [5.74, 6) is 1.15. The van der Waals surface area contributed by atoms with Crippen LogP contribution in [0.15, 0.2) is 41.2 Å². The Morgan fingerprint density at radius 3 is 2.86 bits per heavy atom. The lowest BCUT2D eigenvalue weighted by Crippen LogP contribution is -2.32. The highest BCUT2D eigenvalue weighted by Gasteiger charge is 2.09. The van der Waals surface area contributed by atoms with E-state index < -0.39 is 0 Å². The zero-order valence-corrected chi connectivity index (χ0v) is 13.3. The van der Waals surface area contributed by atoms with E-state index in [4.69, 9.17) is 9.47 Å². The van der Waals surface area contributed by atoms with Gasteiger partial charge in [-0.15, -0.1) is 11.3 Å². The summed E-state index contributed by atoms with van der Waals surface area (Å²) in [7, 11) is 1.60. The van der Waals surface area contributed by atoms with E-state index >= 15 is 0 Å². The first kappa shape index (κ1) is 16.0. The second-order valence-electron chi connectivity index (χ2n) is 4.57. The van der Waals surface area contributed by atoms with Gasteiger partial charge in [0.1, 0.15) is 6.10 Å². The van der Waals surface area contributed by atoms with Crippen LogP contribution in [0.4, 0.5) is 0 Å². The van der Waals surface area contributed by atoms with Gasteiger partial charge in [-0.3, -0.25) is 4.79 Å². The van der Waals surface area contributed by atoms with Crippen LogP contribution in [0.1, 0.15) is 12.6 Å². The van der Waals surface area contributed by atoms with Crippen LogP contribution in [0.2, 0.25) is 0 Å². The maximum Gasteiger partial charge on any atom is 0.244 e. The first-order chi connectivity index (χ1) is 10.7. The fraction of sp³-hybridized carbons (Fsp3) is 0.250. The van der Waals surface area contributed by atoms with Crippen molar-refractivity contribution in [1.29, 1.82) is 0 Å². The number of thiazole rings is 1. The van der Waals surface area contributed by atoms with E-state index in [2.05, 4.69) is 10.3 Å².